The van der Waals surface area contributed by atoms with Gasteiger partial charge >= 0.3 is 0 Å². The second kappa shape index (κ2) is 8.43. The van der Waals surface area contributed by atoms with Gasteiger partial charge < -0.3 is 10.4 Å². The van der Waals surface area contributed by atoms with Crippen LogP contribution >= 0.6 is 0 Å². The van der Waals surface area contributed by atoms with Gasteiger partial charge in [0.1, 0.15) is 0 Å². The van der Waals surface area contributed by atoms with E-state index in [0.29, 0.717) is 0 Å². The fourth-order valence-corrected chi connectivity index (χ4v) is 3.17. The van der Waals surface area contributed by atoms with E-state index in [2.05, 4.69) is 34.2 Å². The number of piperazine rings is 1. The van der Waals surface area contributed by atoms with E-state index in [1.54, 1.807) is 0 Å². The predicted octanol–water partition coefficient (Wildman–Crippen LogP) is 1.17. The van der Waals surface area contributed by atoms with Crippen LogP contribution in [0, 0.1) is 6.92 Å². The maximum Gasteiger partial charge on any atom is 0.237 e. The van der Waals surface area contributed by atoms with Crippen LogP contribution in [0.5, 0.6) is 0 Å². The Bertz CT molecular complexity index is 513. The van der Waals surface area contributed by atoms with E-state index in [1.165, 1.54) is 11.1 Å². The lowest BCUT2D eigenvalue weighted by Crippen LogP contribution is -2.54. The van der Waals surface area contributed by atoms with Crippen LogP contribution in [0.15, 0.2) is 24.3 Å². The molecule has 0 unspecified atom stereocenters. The average molecular weight is 319 g/mol. The molecule has 1 saturated heterocycles. The van der Waals surface area contributed by atoms with Gasteiger partial charge in [0.15, 0.2) is 0 Å². The number of nitrogens with zero attached hydrogens (tertiary/aromatic N) is 2. The van der Waals surface area contributed by atoms with E-state index >= 15 is 0 Å². The third-order valence-electron chi connectivity index (χ3n) is 4.76. The number of amides is 1. The summed E-state index contributed by atoms with van der Waals surface area (Å²) in [5, 5.41) is 12.1. The average Bonchev–Trinajstić information content (AvgIpc) is 2.55. The summed E-state index contributed by atoms with van der Waals surface area (Å²) in [6.07, 6.45) is 0. The lowest BCUT2D eigenvalue weighted by Gasteiger charge is -2.37. The minimum Gasteiger partial charge on any atom is -0.395 e. The highest BCUT2D eigenvalue weighted by molar-refractivity contribution is 5.81. The Hall–Kier alpha value is -1.43. The summed E-state index contributed by atoms with van der Waals surface area (Å²) in [6.45, 7) is 10.6. The number of aryl methyl sites for hydroxylation is 1. The third-order valence-corrected chi connectivity index (χ3v) is 4.76. The van der Waals surface area contributed by atoms with Crippen molar-refractivity contribution in [2.45, 2.75) is 32.9 Å². The molecule has 2 N–H and O–H groups in total. The van der Waals surface area contributed by atoms with Gasteiger partial charge in [-0.05, 0) is 31.9 Å². The summed E-state index contributed by atoms with van der Waals surface area (Å²) < 4.78 is 0. The molecule has 5 heteroatoms. The Balaban J connectivity index is 1.87. The minimum atomic E-state index is -0.127. The van der Waals surface area contributed by atoms with Gasteiger partial charge in [-0.1, -0.05) is 24.3 Å². The van der Waals surface area contributed by atoms with Crippen LogP contribution in [-0.2, 0) is 4.79 Å². The highest BCUT2D eigenvalue weighted by Crippen LogP contribution is 2.17. The van der Waals surface area contributed by atoms with Crippen molar-refractivity contribution < 1.29 is 9.90 Å². The molecule has 1 aliphatic heterocycles. The second-order valence-electron chi connectivity index (χ2n) is 6.36. The summed E-state index contributed by atoms with van der Waals surface area (Å²) in [6, 6.07) is 8.05. The monoisotopic (exact) mass is 319 g/mol. The van der Waals surface area contributed by atoms with E-state index in [-0.39, 0.29) is 24.6 Å². The topological polar surface area (TPSA) is 55.8 Å². The van der Waals surface area contributed by atoms with Gasteiger partial charge in [-0.2, -0.15) is 0 Å². The van der Waals surface area contributed by atoms with E-state index in [4.69, 9.17) is 5.11 Å². The molecule has 0 aromatic heterocycles. The molecule has 1 fully saturated rings. The first-order chi connectivity index (χ1) is 11.0. The van der Waals surface area contributed by atoms with Crippen LogP contribution in [0.2, 0.25) is 0 Å². The fraction of sp³-hybridized carbons (Fsp3) is 0.611. The maximum atomic E-state index is 12.5. The number of aliphatic hydroxyl groups excluding tert-OH is 1. The van der Waals surface area contributed by atoms with Crippen molar-refractivity contribution >= 4 is 5.91 Å². The zero-order chi connectivity index (χ0) is 16.8. The summed E-state index contributed by atoms with van der Waals surface area (Å²) >= 11 is 0. The molecule has 2 atom stereocenters. The van der Waals surface area contributed by atoms with Crippen LogP contribution in [-0.4, -0.2) is 66.2 Å². The number of hydrogen-bond acceptors (Lipinski definition) is 4. The highest BCUT2D eigenvalue weighted by atomic mass is 16.3. The molecule has 1 aromatic rings. The molecule has 0 bridgehead atoms. The zero-order valence-electron chi connectivity index (χ0n) is 14.5. The molecule has 0 aliphatic carbocycles. The third kappa shape index (κ3) is 4.77. The van der Waals surface area contributed by atoms with Crippen molar-refractivity contribution in [1.29, 1.82) is 0 Å². The Labute approximate surface area is 139 Å². The Morgan fingerprint density at radius 1 is 1.22 bits per heavy atom. The molecule has 5 nitrogen and oxygen atoms in total. The molecule has 2 rings (SSSR count). The molecule has 128 valence electrons. The first-order valence-corrected chi connectivity index (χ1v) is 8.46. The maximum absolute atomic E-state index is 12.5. The minimum absolute atomic E-state index is 0.0156. The summed E-state index contributed by atoms with van der Waals surface area (Å²) in [7, 11) is 0. The zero-order valence-corrected chi connectivity index (χ0v) is 14.5. The van der Waals surface area contributed by atoms with Gasteiger partial charge in [-0.3, -0.25) is 14.6 Å². The fourth-order valence-electron chi connectivity index (χ4n) is 3.17. The molecule has 1 aromatic carbocycles. The second-order valence-corrected chi connectivity index (χ2v) is 6.36. The number of carbonyl (C=O) groups is 1. The summed E-state index contributed by atoms with van der Waals surface area (Å²) in [5.41, 5.74) is 2.37. The van der Waals surface area contributed by atoms with Gasteiger partial charge in [0.25, 0.3) is 0 Å². The molecule has 0 spiro atoms. The Morgan fingerprint density at radius 3 is 2.48 bits per heavy atom. The molecular weight excluding hydrogens is 290 g/mol. The van der Waals surface area contributed by atoms with Crippen molar-refractivity contribution in [3.8, 4) is 0 Å². The van der Waals surface area contributed by atoms with Crippen LogP contribution in [0.1, 0.15) is 31.0 Å². The van der Waals surface area contributed by atoms with Gasteiger partial charge in [-0.15, -0.1) is 0 Å². The van der Waals surface area contributed by atoms with Gasteiger partial charge in [0.05, 0.1) is 18.7 Å². The van der Waals surface area contributed by atoms with Crippen LogP contribution in [0.3, 0.4) is 0 Å². The number of nitrogens with one attached hydrogen (secondary N) is 1. The SMILES string of the molecule is Cc1ccccc1[C@@H](C)NC(=O)[C@@H](C)N1CCN(CCO)CC1. The highest BCUT2D eigenvalue weighted by Gasteiger charge is 2.26. The van der Waals surface area contributed by atoms with Gasteiger partial charge in [0, 0.05) is 32.7 Å². The lowest BCUT2D eigenvalue weighted by atomic mass is 10.0. The number of β-amino-alcohol motifs (C(OH)–C–C–N with tert-alkyl or cyclic N) is 1. The van der Waals surface area contributed by atoms with Gasteiger partial charge in [0.2, 0.25) is 5.91 Å². The van der Waals surface area contributed by atoms with E-state index in [9.17, 15) is 4.79 Å². The predicted molar refractivity (Wildman–Crippen MR) is 92.3 cm³/mol. The first kappa shape index (κ1) is 17.9. The van der Waals surface area contributed by atoms with E-state index in [0.717, 1.165) is 32.7 Å². The normalized spacial score (nSPS) is 19.3. The number of hydrogen-bond donors (Lipinski definition) is 2. The summed E-state index contributed by atoms with van der Waals surface area (Å²) in [5.74, 6) is 0.0800. The lowest BCUT2D eigenvalue weighted by molar-refractivity contribution is -0.127. The summed E-state index contributed by atoms with van der Waals surface area (Å²) in [4.78, 5) is 17.0. The van der Waals surface area contributed by atoms with E-state index in [1.807, 2.05) is 26.0 Å². The molecular formula is C18H29N3O2. The number of rotatable bonds is 6. The molecule has 1 aliphatic rings. The van der Waals surface area contributed by atoms with Crippen molar-refractivity contribution in [2.75, 3.05) is 39.3 Å². The standard InChI is InChI=1S/C18H29N3O2/c1-14-6-4-5-7-17(14)15(2)19-18(23)16(3)21-10-8-20(9-11-21)12-13-22/h4-7,15-16,22H,8-13H2,1-3H3,(H,19,23)/t15-,16-/m1/s1. The number of carbonyl (C=O) groups excluding carboxylic acids is 1. The van der Waals surface area contributed by atoms with Crippen molar-refractivity contribution in [3.05, 3.63) is 35.4 Å². The Morgan fingerprint density at radius 2 is 1.87 bits per heavy atom. The van der Waals surface area contributed by atoms with E-state index < -0.39 is 0 Å². The molecule has 1 amide bonds. The first-order valence-electron chi connectivity index (χ1n) is 8.46. The molecule has 1 heterocycles. The number of benzene rings is 1. The van der Waals surface area contributed by atoms with Crippen LogP contribution in [0.25, 0.3) is 0 Å². The Kier molecular flexibility index (Phi) is 6.57. The van der Waals surface area contributed by atoms with Crippen molar-refractivity contribution in [1.82, 2.24) is 15.1 Å². The van der Waals surface area contributed by atoms with Gasteiger partial charge in [-0.25, -0.2) is 0 Å². The van der Waals surface area contributed by atoms with Crippen LogP contribution in [0.4, 0.5) is 0 Å². The molecule has 0 radical (unpaired) electrons. The van der Waals surface area contributed by atoms with Crippen LogP contribution < -0.4 is 5.32 Å². The number of aliphatic hydroxyl groups is 1. The van der Waals surface area contributed by atoms with Crippen molar-refractivity contribution in [2.24, 2.45) is 0 Å². The molecule has 23 heavy (non-hydrogen) atoms. The van der Waals surface area contributed by atoms with Crippen molar-refractivity contribution in [3.63, 3.8) is 0 Å². The molecule has 0 saturated carbocycles. The smallest absolute Gasteiger partial charge is 0.237 e. The quantitative estimate of drug-likeness (QED) is 0.826. The largest absolute Gasteiger partial charge is 0.395 e.